The first-order valence-corrected chi connectivity index (χ1v) is 13.6. The molecule has 1 unspecified atom stereocenters. The third-order valence-corrected chi connectivity index (χ3v) is 8.66. The summed E-state index contributed by atoms with van der Waals surface area (Å²) < 4.78 is 18.0. The number of thioether (sulfide) groups is 2. The maximum absolute atomic E-state index is 13.1. The van der Waals surface area contributed by atoms with E-state index in [1.807, 2.05) is 6.20 Å². The standard InChI is InChI=1S/C19H15FN8O3S4/c20-10-1-3-11(4-2-10)31-26-12(14-24-18(21)35-27-14)15(29)23-13-16(30)28-5-9(6-32-17(13)28)7-33-19-25-22-8-34-19/h1-5,8,13,17H,6-7H2,(H,23,29)(H2,21,24,27)/t13?,17-/m0/s1. The van der Waals surface area contributed by atoms with E-state index < -0.39 is 17.8 Å². The average molecular weight is 551 g/mol. The van der Waals surface area contributed by atoms with Crippen molar-refractivity contribution in [2.45, 2.75) is 15.8 Å². The van der Waals surface area contributed by atoms with E-state index >= 15 is 0 Å². The highest BCUT2D eigenvalue weighted by atomic mass is 32.2. The number of hydrogen-bond acceptors (Lipinski definition) is 13. The Bertz CT molecular complexity index is 1300. The second-order valence-electron chi connectivity index (χ2n) is 7.12. The van der Waals surface area contributed by atoms with Crippen LogP contribution in [-0.4, -0.2) is 64.9 Å². The predicted molar refractivity (Wildman–Crippen MR) is 132 cm³/mol. The number of oxime groups is 1. The quantitative estimate of drug-likeness (QED) is 0.185. The number of nitrogens with zero attached hydrogens (tertiary/aromatic N) is 6. The van der Waals surface area contributed by atoms with Gasteiger partial charge in [-0.25, -0.2) is 4.39 Å². The minimum Gasteiger partial charge on any atom is -0.374 e. The number of fused-ring (bicyclic) bond motifs is 1. The second-order valence-corrected chi connectivity index (χ2v) is 11.1. The molecule has 2 aromatic heterocycles. The summed E-state index contributed by atoms with van der Waals surface area (Å²) in [4.78, 5) is 36.7. The van der Waals surface area contributed by atoms with Crippen molar-refractivity contribution >= 4 is 69.1 Å². The lowest BCUT2D eigenvalue weighted by Gasteiger charge is -2.47. The number of halogens is 1. The van der Waals surface area contributed by atoms with E-state index in [-0.39, 0.29) is 33.7 Å². The Hall–Kier alpha value is -3.08. The molecule has 0 aliphatic carbocycles. The summed E-state index contributed by atoms with van der Waals surface area (Å²) in [7, 11) is 0. The van der Waals surface area contributed by atoms with Crippen molar-refractivity contribution in [2.24, 2.45) is 5.16 Å². The molecule has 0 saturated carbocycles. The molecule has 35 heavy (non-hydrogen) atoms. The van der Waals surface area contributed by atoms with Crippen molar-refractivity contribution in [1.29, 1.82) is 0 Å². The van der Waals surface area contributed by atoms with Crippen LogP contribution in [0.3, 0.4) is 0 Å². The number of carbonyl (C=O) groups excluding carboxylic acids is 2. The number of anilines is 1. The number of hydrogen-bond donors (Lipinski definition) is 2. The zero-order chi connectivity index (χ0) is 24.4. The van der Waals surface area contributed by atoms with Crippen molar-refractivity contribution in [2.75, 3.05) is 17.2 Å². The number of β-lactam (4-membered cyclic amide) rings is 1. The minimum absolute atomic E-state index is 0.0390. The van der Waals surface area contributed by atoms with Crippen molar-refractivity contribution < 1.29 is 18.8 Å². The normalized spacial score (nSPS) is 19.6. The number of amides is 2. The molecule has 2 aliphatic rings. The van der Waals surface area contributed by atoms with Gasteiger partial charge in [-0.05, 0) is 29.8 Å². The van der Waals surface area contributed by atoms with Gasteiger partial charge in [0.2, 0.25) is 11.5 Å². The first-order chi connectivity index (χ1) is 17.0. The molecule has 1 saturated heterocycles. The van der Waals surface area contributed by atoms with Crippen LogP contribution in [0.2, 0.25) is 0 Å². The fourth-order valence-electron chi connectivity index (χ4n) is 3.14. The highest BCUT2D eigenvalue weighted by molar-refractivity contribution is 8.01. The molecule has 16 heteroatoms. The van der Waals surface area contributed by atoms with Gasteiger partial charge in [-0.3, -0.25) is 9.59 Å². The van der Waals surface area contributed by atoms with Crippen LogP contribution in [0.4, 0.5) is 9.52 Å². The van der Waals surface area contributed by atoms with Gasteiger partial charge >= 0.3 is 0 Å². The maximum Gasteiger partial charge on any atom is 0.278 e. The largest absolute Gasteiger partial charge is 0.374 e. The number of benzene rings is 1. The third-order valence-electron chi connectivity index (χ3n) is 4.77. The van der Waals surface area contributed by atoms with E-state index in [0.717, 1.165) is 21.4 Å². The number of aromatic nitrogens is 4. The van der Waals surface area contributed by atoms with Crippen LogP contribution in [-0.2, 0) is 9.59 Å². The smallest absolute Gasteiger partial charge is 0.278 e. The Morgan fingerprint density at radius 1 is 1.37 bits per heavy atom. The van der Waals surface area contributed by atoms with E-state index in [1.165, 1.54) is 35.6 Å². The van der Waals surface area contributed by atoms with Crippen LogP contribution in [0.1, 0.15) is 5.82 Å². The molecule has 2 amide bonds. The molecule has 4 heterocycles. The van der Waals surface area contributed by atoms with Crippen molar-refractivity contribution in [3.05, 3.63) is 53.2 Å². The number of nitrogens with two attached hydrogens (primary N) is 1. The van der Waals surface area contributed by atoms with Gasteiger partial charge in [-0.1, -0.05) is 28.3 Å². The highest BCUT2D eigenvalue weighted by Crippen LogP contribution is 2.37. The van der Waals surface area contributed by atoms with Crippen LogP contribution in [0.5, 0.6) is 5.75 Å². The Kier molecular flexibility index (Phi) is 6.94. The van der Waals surface area contributed by atoms with Gasteiger partial charge in [0.05, 0.1) is 0 Å². The van der Waals surface area contributed by atoms with Gasteiger partial charge in [0.15, 0.2) is 15.2 Å². The van der Waals surface area contributed by atoms with Gasteiger partial charge in [0, 0.05) is 29.2 Å². The van der Waals surface area contributed by atoms with Crippen LogP contribution in [0.25, 0.3) is 0 Å². The fraction of sp³-hybridized carbons (Fsp3) is 0.211. The van der Waals surface area contributed by atoms with Crippen molar-refractivity contribution in [1.82, 2.24) is 29.8 Å². The average Bonchev–Trinajstić information content (AvgIpc) is 3.54. The molecule has 180 valence electrons. The monoisotopic (exact) mass is 550 g/mol. The number of nitrogen functional groups attached to an aromatic ring is 1. The van der Waals surface area contributed by atoms with E-state index in [2.05, 4.69) is 30.0 Å². The topological polar surface area (TPSA) is 149 Å². The van der Waals surface area contributed by atoms with Gasteiger partial charge < -0.3 is 20.8 Å². The van der Waals surface area contributed by atoms with Crippen LogP contribution in [0, 0.1) is 5.82 Å². The van der Waals surface area contributed by atoms with Crippen LogP contribution in [0.15, 0.2) is 51.0 Å². The minimum atomic E-state index is -0.742. The predicted octanol–water partition coefficient (Wildman–Crippen LogP) is 1.97. The van der Waals surface area contributed by atoms with Crippen molar-refractivity contribution in [3.8, 4) is 5.75 Å². The molecular weight excluding hydrogens is 536 g/mol. The van der Waals surface area contributed by atoms with Gasteiger partial charge in [-0.15, -0.1) is 22.0 Å². The third kappa shape index (κ3) is 5.29. The fourth-order valence-corrected chi connectivity index (χ4v) is 6.41. The van der Waals surface area contributed by atoms with Gasteiger partial charge in [-0.2, -0.15) is 9.36 Å². The molecule has 5 rings (SSSR count). The molecule has 0 bridgehead atoms. The summed E-state index contributed by atoms with van der Waals surface area (Å²) in [6.07, 6.45) is 1.83. The summed E-state index contributed by atoms with van der Waals surface area (Å²) in [6.45, 7) is 0. The summed E-state index contributed by atoms with van der Waals surface area (Å²) in [5, 5.41) is 14.3. The molecule has 1 aromatic carbocycles. The lowest BCUT2D eigenvalue weighted by molar-refractivity contribution is -0.143. The molecule has 3 aromatic rings. The Labute approximate surface area is 214 Å². The lowest BCUT2D eigenvalue weighted by Crippen LogP contribution is -2.69. The van der Waals surface area contributed by atoms with E-state index in [1.54, 1.807) is 33.9 Å². The van der Waals surface area contributed by atoms with Gasteiger partial charge in [0.25, 0.3) is 11.8 Å². The Balaban J connectivity index is 1.26. The summed E-state index contributed by atoms with van der Waals surface area (Å²) >= 11 is 5.47. The molecule has 2 atom stereocenters. The molecule has 11 nitrogen and oxygen atoms in total. The summed E-state index contributed by atoms with van der Waals surface area (Å²) in [5.41, 5.74) is 8.16. The zero-order valence-corrected chi connectivity index (χ0v) is 20.8. The number of nitrogens with one attached hydrogen (secondary N) is 1. The molecule has 0 radical (unpaired) electrons. The van der Waals surface area contributed by atoms with E-state index in [0.29, 0.717) is 11.5 Å². The molecular formula is C19H15FN8O3S4. The molecule has 0 spiro atoms. The lowest BCUT2D eigenvalue weighted by atomic mass is 10.1. The van der Waals surface area contributed by atoms with Crippen LogP contribution < -0.4 is 15.9 Å². The van der Waals surface area contributed by atoms with Gasteiger partial charge in [0.1, 0.15) is 22.7 Å². The molecule has 2 aliphatic heterocycles. The van der Waals surface area contributed by atoms with Crippen molar-refractivity contribution in [3.63, 3.8) is 0 Å². The maximum atomic E-state index is 13.1. The SMILES string of the molecule is Nc1nc(C(=NOc2ccc(F)cc2)C(=O)NC2C(=O)N3C=C(CSc4nncs4)CS[C@@H]23)ns1. The Morgan fingerprint density at radius 3 is 2.91 bits per heavy atom. The van der Waals surface area contributed by atoms with E-state index in [4.69, 9.17) is 10.6 Å². The first kappa shape index (κ1) is 23.7. The Morgan fingerprint density at radius 2 is 2.20 bits per heavy atom. The number of rotatable bonds is 8. The highest BCUT2D eigenvalue weighted by Gasteiger charge is 2.49. The second kappa shape index (κ2) is 10.3. The zero-order valence-electron chi connectivity index (χ0n) is 17.5. The first-order valence-electron chi connectivity index (χ1n) is 9.91. The summed E-state index contributed by atoms with van der Waals surface area (Å²) in [6, 6.07) is 4.36. The number of carbonyl (C=O) groups is 2. The molecule has 3 N–H and O–H groups in total. The molecule has 1 fully saturated rings. The van der Waals surface area contributed by atoms with Crippen LogP contribution >= 0.6 is 46.4 Å². The van der Waals surface area contributed by atoms with E-state index in [9.17, 15) is 14.0 Å². The summed E-state index contributed by atoms with van der Waals surface area (Å²) in [5.74, 6) is 0.210.